The number of rotatable bonds is 7. The number of methoxy groups -OCH3 is 1. The normalized spacial score (nSPS) is 12.5. The maximum Gasteiger partial charge on any atom is 0.238 e. The number of ether oxygens (including phenoxy) is 1. The zero-order chi connectivity index (χ0) is 10.1. The lowest BCUT2D eigenvalue weighted by Crippen LogP contribution is -2.41. The highest BCUT2D eigenvalue weighted by Crippen LogP contribution is 1.97. The molecule has 5 N–H and O–H groups in total. The standard InChI is InChI=1S/C8H19N3O2/c1-13-6-11-8(12)7(10)4-2-3-5-9/h7H,2-6,9-10H2,1H3,(H,11,12)/t7-/m0/s1. The summed E-state index contributed by atoms with van der Waals surface area (Å²) in [6, 6.07) is -0.443. The Bertz CT molecular complexity index is 141. The van der Waals surface area contributed by atoms with Crippen molar-refractivity contribution in [1.82, 2.24) is 5.32 Å². The van der Waals surface area contributed by atoms with Crippen molar-refractivity contribution >= 4 is 5.91 Å². The van der Waals surface area contributed by atoms with Gasteiger partial charge in [0.15, 0.2) is 0 Å². The first-order valence-corrected chi connectivity index (χ1v) is 4.44. The highest BCUT2D eigenvalue weighted by Gasteiger charge is 2.11. The maximum atomic E-state index is 11.1. The molecule has 0 aliphatic carbocycles. The van der Waals surface area contributed by atoms with Crippen LogP contribution in [0.2, 0.25) is 0 Å². The summed E-state index contributed by atoms with van der Waals surface area (Å²) in [5.74, 6) is -0.168. The van der Waals surface area contributed by atoms with Crippen molar-refractivity contribution in [1.29, 1.82) is 0 Å². The summed E-state index contributed by atoms with van der Waals surface area (Å²) in [6.45, 7) is 0.857. The molecular weight excluding hydrogens is 170 g/mol. The smallest absolute Gasteiger partial charge is 0.238 e. The van der Waals surface area contributed by atoms with E-state index >= 15 is 0 Å². The first kappa shape index (κ1) is 12.3. The van der Waals surface area contributed by atoms with Crippen molar-refractivity contribution in [2.75, 3.05) is 20.4 Å². The lowest BCUT2D eigenvalue weighted by molar-refractivity contribution is -0.123. The van der Waals surface area contributed by atoms with Crippen molar-refractivity contribution in [2.24, 2.45) is 11.5 Å². The zero-order valence-electron chi connectivity index (χ0n) is 8.08. The van der Waals surface area contributed by atoms with Gasteiger partial charge in [0.1, 0.15) is 6.73 Å². The molecule has 0 aromatic rings. The lowest BCUT2D eigenvalue weighted by atomic mass is 10.1. The molecule has 13 heavy (non-hydrogen) atoms. The Labute approximate surface area is 78.8 Å². The van der Waals surface area contributed by atoms with Crippen LogP contribution in [0.25, 0.3) is 0 Å². The highest BCUT2D eigenvalue weighted by atomic mass is 16.5. The summed E-state index contributed by atoms with van der Waals surface area (Å²) in [5, 5.41) is 2.54. The predicted octanol–water partition coefficient (Wildman–Crippen LogP) is -0.837. The summed E-state index contributed by atoms with van der Waals surface area (Å²) in [4.78, 5) is 11.1. The van der Waals surface area contributed by atoms with Gasteiger partial charge < -0.3 is 21.5 Å². The van der Waals surface area contributed by atoms with Crippen molar-refractivity contribution < 1.29 is 9.53 Å². The molecule has 0 spiro atoms. The van der Waals surface area contributed by atoms with E-state index in [4.69, 9.17) is 11.5 Å². The summed E-state index contributed by atoms with van der Waals surface area (Å²) < 4.78 is 4.68. The van der Waals surface area contributed by atoms with Crippen molar-refractivity contribution in [2.45, 2.75) is 25.3 Å². The van der Waals surface area contributed by atoms with Crippen LogP contribution in [-0.2, 0) is 9.53 Å². The molecule has 0 radical (unpaired) electrons. The average Bonchev–Trinajstić information content (AvgIpc) is 2.14. The van der Waals surface area contributed by atoms with Gasteiger partial charge in [0.2, 0.25) is 5.91 Å². The van der Waals surface area contributed by atoms with Gasteiger partial charge in [-0.25, -0.2) is 0 Å². The number of nitrogens with two attached hydrogens (primary N) is 2. The quantitative estimate of drug-likeness (QED) is 0.360. The molecule has 1 atom stereocenters. The Morgan fingerprint density at radius 1 is 1.54 bits per heavy atom. The lowest BCUT2D eigenvalue weighted by Gasteiger charge is -2.10. The number of carbonyl (C=O) groups excluding carboxylic acids is 1. The molecule has 0 saturated heterocycles. The first-order valence-electron chi connectivity index (χ1n) is 4.44. The Kier molecular flexibility index (Phi) is 7.57. The van der Waals surface area contributed by atoms with Gasteiger partial charge in [0, 0.05) is 7.11 Å². The van der Waals surface area contributed by atoms with E-state index in [-0.39, 0.29) is 12.6 Å². The molecule has 0 saturated carbocycles. The zero-order valence-corrected chi connectivity index (χ0v) is 8.08. The van der Waals surface area contributed by atoms with Gasteiger partial charge in [-0.3, -0.25) is 4.79 Å². The van der Waals surface area contributed by atoms with Gasteiger partial charge in [-0.2, -0.15) is 0 Å². The highest BCUT2D eigenvalue weighted by molar-refractivity contribution is 5.81. The third-order valence-electron chi connectivity index (χ3n) is 1.70. The van der Waals surface area contributed by atoms with E-state index in [2.05, 4.69) is 10.1 Å². The largest absolute Gasteiger partial charge is 0.364 e. The molecule has 0 aromatic heterocycles. The molecule has 0 unspecified atom stereocenters. The van der Waals surface area contributed by atoms with E-state index in [1.165, 1.54) is 7.11 Å². The summed E-state index contributed by atoms with van der Waals surface area (Å²) in [7, 11) is 1.51. The first-order chi connectivity index (χ1) is 6.22. The van der Waals surface area contributed by atoms with E-state index in [0.29, 0.717) is 13.0 Å². The summed E-state index contributed by atoms with van der Waals surface area (Å²) >= 11 is 0. The third-order valence-corrected chi connectivity index (χ3v) is 1.70. The predicted molar refractivity (Wildman–Crippen MR) is 50.9 cm³/mol. The number of carbonyl (C=O) groups is 1. The SMILES string of the molecule is COCNC(=O)[C@@H](N)CCCCN. The van der Waals surface area contributed by atoms with E-state index in [1.807, 2.05) is 0 Å². The second kappa shape index (κ2) is 7.97. The minimum atomic E-state index is -0.443. The minimum Gasteiger partial charge on any atom is -0.364 e. The molecule has 0 rings (SSSR count). The molecule has 0 aliphatic heterocycles. The number of amides is 1. The van der Waals surface area contributed by atoms with Crippen LogP contribution in [0.1, 0.15) is 19.3 Å². The van der Waals surface area contributed by atoms with Crippen molar-refractivity contribution in [3.05, 3.63) is 0 Å². The number of unbranched alkanes of at least 4 members (excludes halogenated alkanes) is 1. The molecule has 78 valence electrons. The minimum absolute atomic E-state index is 0.168. The summed E-state index contributed by atoms with van der Waals surface area (Å²) in [6.07, 6.45) is 2.47. The maximum absolute atomic E-state index is 11.1. The number of hydrogen-bond acceptors (Lipinski definition) is 4. The molecular formula is C8H19N3O2. The van der Waals surface area contributed by atoms with Crippen LogP contribution in [0.4, 0.5) is 0 Å². The fraction of sp³-hybridized carbons (Fsp3) is 0.875. The van der Waals surface area contributed by atoms with E-state index < -0.39 is 6.04 Å². The van der Waals surface area contributed by atoms with Crippen LogP contribution in [0.15, 0.2) is 0 Å². The van der Waals surface area contributed by atoms with Gasteiger partial charge >= 0.3 is 0 Å². The van der Waals surface area contributed by atoms with Crippen LogP contribution in [0, 0.1) is 0 Å². The molecule has 0 aliphatic rings. The van der Waals surface area contributed by atoms with E-state index in [1.54, 1.807) is 0 Å². The van der Waals surface area contributed by atoms with Crippen LogP contribution >= 0.6 is 0 Å². The van der Waals surface area contributed by atoms with Crippen LogP contribution in [-0.4, -0.2) is 32.3 Å². The molecule has 0 fully saturated rings. The van der Waals surface area contributed by atoms with E-state index in [9.17, 15) is 4.79 Å². The van der Waals surface area contributed by atoms with E-state index in [0.717, 1.165) is 12.8 Å². The molecule has 0 bridgehead atoms. The Balaban J connectivity index is 3.45. The van der Waals surface area contributed by atoms with Gasteiger partial charge in [-0.05, 0) is 19.4 Å². The fourth-order valence-electron chi connectivity index (χ4n) is 0.914. The average molecular weight is 189 g/mol. The monoisotopic (exact) mass is 189 g/mol. The summed E-state index contributed by atoms with van der Waals surface area (Å²) in [5.41, 5.74) is 10.9. The van der Waals surface area contributed by atoms with Gasteiger partial charge in [0.05, 0.1) is 6.04 Å². The van der Waals surface area contributed by atoms with Crippen LogP contribution in [0.5, 0.6) is 0 Å². The van der Waals surface area contributed by atoms with Gasteiger partial charge in [-0.1, -0.05) is 6.42 Å². The van der Waals surface area contributed by atoms with Gasteiger partial charge in [-0.15, -0.1) is 0 Å². The van der Waals surface area contributed by atoms with Crippen molar-refractivity contribution in [3.63, 3.8) is 0 Å². The second-order valence-electron chi connectivity index (χ2n) is 2.86. The van der Waals surface area contributed by atoms with Crippen LogP contribution in [0.3, 0.4) is 0 Å². The van der Waals surface area contributed by atoms with Crippen LogP contribution < -0.4 is 16.8 Å². The molecule has 0 aromatic carbocycles. The van der Waals surface area contributed by atoms with Gasteiger partial charge in [0.25, 0.3) is 0 Å². The second-order valence-corrected chi connectivity index (χ2v) is 2.86. The Morgan fingerprint density at radius 2 is 2.23 bits per heavy atom. The Hall–Kier alpha value is -0.650. The molecule has 5 heteroatoms. The third kappa shape index (κ3) is 6.51. The number of hydrogen-bond donors (Lipinski definition) is 3. The molecule has 1 amide bonds. The fourth-order valence-corrected chi connectivity index (χ4v) is 0.914. The number of nitrogens with one attached hydrogen (secondary N) is 1. The molecule has 5 nitrogen and oxygen atoms in total. The topological polar surface area (TPSA) is 90.4 Å². The van der Waals surface area contributed by atoms with Crippen molar-refractivity contribution in [3.8, 4) is 0 Å². The Morgan fingerprint density at radius 3 is 2.77 bits per heavy atom. The molecule has 0 heterocycles.